The highest BCUT2D eigenvalue weighted by Gasteiger charge is 2.16. The van der Waals surface area contributed by atoms with Crippen LogP contribution in [0.5, 0.6) is 0 Å². The lowest BCUT2D eigenvalue weighted by atomic mass is 10.1. The third-order valence-corrected chi connectivity index (χ3v) is 3.50. The van der Waals surface area contributed by atoms with E-state index in [1.807, 2.05) is 24.3 Å². The Hall–Kier alpha value is -2.18. The Balaban J connectivity index is 1.84. The van der Waals surface area contributed by atoms with Crippen LogP contribution < -0.4 is 16.4 Å². The lowest BCUT2D eigenvalue weighted by Crippen LogP contribution is -2.45. The van der Waals surface area contributed by atoms with E-state index in [-0.39, 0.29) is 6.04 Å². The zero-order chi connectivity index (χ0) is 14.7. The highest BCUT2D eigenvalue weighted by Crippen LogP contribution is 2.20. The van der Waals surface area contributed by atoms with E-state index in [1.165, 1.54) is 0 Å². The third kappa shape index (κ3) is 3.12. The largest absolute Gasteiger partial charge is 0.378 e. The van der Waals surface area contributed by atoms with Gasteiger partial charge in [0.05, 0.1) is 24.3 Å². The van der Waals surface area contributed by atoms with Crippen molar-refractivity contribution in [1.82, 2.24) is 10.3 Å². The highest BCUT2D eigenvalue weighted by atomic mass is 16.5. The van der Waals surface area contributed by atoms with Crippen LogP contribution in [-0.4, -0.2) is 43.2 Å². The maximum atomic E-state index is 11.6. The first-order valence-electron chi connectivity index (χ1n) is 6.98. The SMILES string of the molecule is NC(=O)c1cc2ccccc2nc1NCC1COCCN1. The van der Waals surface area contributed by atoms with E-state index < -0.39 is 5.91 Å². The first-order valence-corrected chi connectivity index (χ1v) is 6.98. The molecule has 1 aliphatic heterocycles. The van der Waals surface area contributed by atoms with Gasteiger partial charge in [-0.05, 0) is 12.1 Å². The van der Waals surface area contributed by atoms with E-state index in [0.717, 1.165) is 24.1 Å². The maximum absolute atomic E-state index is 11.6. The molecule has 1 amide bonds. The van der Waals surface area contributed by atoms with Crippen molar-refractivity contribution in [2.75, 3.05) is 31.6 Å². The normalized spacial score (nSPS) is 18.6. The molecule has 1 aromatic heterocycles. The van der Waals surface area contributed by atoms with Gasteiger partial charge in [-0.1, -0.05) is 18.2 Å². The third-order valence-electron chi connectivity index (χ3n) is 3.50. The number of ether oxygens (including phenoxy) is 1. The molecule has 0 saturated carbocycles. The monoisotopic (exact) mass is 286 g/mol. The number of para-hydroxylation sites is 1. The lowest BCUT2D eigenvalue weighted by Gasteiger charge is -2.24. The van der Waals surface area contributed by atoms with E-state index in [1.54, 1.807) is 6.07 Å². The van der Waals surface area contributed by atoms with Crippen molar-refractivity contribution in [3.63, 3.8) is 0 Å². The van der Waals surface area contributed by atoms with Crippen LogP contribution in [0.2, 0.25) is 0 Å². The van der Waals surface area contributed by atoms with Gasteiger partial charge in [0.25, 0.3) is 5.91 Å². The number of amides is 1. The van der Waals surface area contributed by atoms with Gasteiger partial charge < -0.3 is 21.1 Å². The van der Waals surface area contributed by atoms with Crippen LogP contribution in [0.1, 0.15) is 10.4 Å². The summed E-state index contributed by atoms with van der Waals surface area (Å²) in [5.74, 6) is 0.0391. The fraction of sp³-hybridized carbons (Fsp3) is 0.333. The Bertz CT molecular complexity index is 653. The van der Waals surface area contributed by atoms with E-state index >= 15 is 0 Å². The number of morpholine rings is 1. The topological polar surface area (TPSA) is 89.3 Å². The molecule has 3 rings (SSSR count). The first kappa shape index (κ1) is 13.8. The number of hydrogen-bond donors (Lipinski definition) is 3. The smallest absolute Gasteiger partial charge is 0.252 e. The molecule has 1 unspecified atom stereocenters. The number of carbonyl (C=O) groups is 1. The van der Waals surface area contributed by atoms with E-state index in [4.69, 9.17) is 10.5 Å². The van der Waals surface area contributed by atoms with Crippen LogP contribution in [-0.2, 0) is 4.74 Å². The number of anilines is 1. The summed E-state index contributed by atoms with van der Waals surface area (Å²) in [7, 11) is 0. The molecule has 110 valence electrons. The molecule has 0 aliphatic carbocycles. The summed E-state index contributed by atoms with van der Waals surface area (Å²) in [6, 6.07) is 9.62. The fourth-order valence-corrected chi connectivity index (χ4v) is 2.41. The van der Waals surface area contributed by atoms with Gasteiger partial charge in [-0.15, -0.1) is 0 Å². The molecule has 1 fully saturated rings. The van der Waals surface area contributed by atoms with E-state index in [2.05, 4.69) is 15.6 Å². The van der Waals surface area contributed by atoms with Gasteiger partial charge in [-0.2, -0.15) is 0 Å². The molecule has 2 aromatic rings. The van der Waals surface area contributed by atoms with Crippen molar-refractivity contribution < 1.29 is 9.53 Å². The van der Waals surface area contributed by atoms with E-state index in [0.29, 0.717) is 24.5 Å². The van der Waals surface area contributed by atoms with Gasteiger partial charge >= 0.3 is 0 Å². The molecule has 0 bridgehead atoms. The van der Waals surface area contributed by atoms with Crippen molar-refractivity contribution in [3.05, 3.63) is 35.9 Å². The molecular formula is C15H18N4O2. The van der Waals surface area contributed by atoms with Gasteiger partial charge in [0.15, 0.2) is 0 Å². The van der Waals surface area contributed by atoms with Crippen LogP contribution >= 0.6 is 0 Å². The molecular weight excluding hydrogens is 268 g/mol. The Kier molecular flexibility index (Phi) is 3.98. The summed E-state index contributed by atoms with van der Waals surface area (Å²) < 4.78 is 5.40. The number of nitrogens with two attached hydrogens (primary N) is 1. The Morgan fingerprint density at radius 1 is 1.48 bits per heavy atom. The molecule has 1 aromatic carbocycles. The maximum Gasteiger partial charge on any atom is 0.252 e. The fourth-order valence-electron chi connectivity index (χ4n) is 2.41. The van der Waals surface area contributed by atoms with Crippen LogP contribution in [0.3, 0.4) is 0 Å². The predicted molar refractivity (Wildman–Crippen MR) is 81.4 cm³/mol. The Morgan fingerprint density at radius 2 is 2.33 bits per heavy atom. The molecule has 21 heavy (non-hydrogen) atoms. The molecule has 1 atom stereocenters. The second-order valence-electron chi connectivity index (χ2n) is 5.05. The zero-order valence-corrected chi connectivity index (χ0v) is 11.6. The molecule has 2 heterocycles. The number of rotatable bonds is 4. The van der Waals surface area contributed by atoms with E-state index in [9.17, 15) is 4.79 Å². The minimum atomic E-state index is -0.483. The first-order chi connectivity index (χ1) is 10.2. The molecule has 4 N–H and O–H groups in total. The summed E-state index contributed by atoms with van der Waals surface area (Å²) in [4.78, 5) is 16.1. The molecule has 0 spiro atoms. The summed E-state index contributed by atoms with van der Waals surface area (Å²) in [6.45, 7) is 2.84. The number of fused-ring (bicyclic) bond motifs is 1. The van der Waals surface area contributed by atoms with Crippen LogP contribution in [0, 0.1) is 0 Å². The van der Waals surface area contributed by atoms with Crippen LogP contribution in [0.4, 0.5) is 5.82 Å². The van der Waals surface area contributed by atoms with Crippen molar-refractivity contribution in [2.24, 2.45) is 5.73 Å². The molecule has 1 saturated heterocycles. The number of benzene rings is 1. The van der Waals surface area contributed by atoms with Crippen molar-refractivity contribution in [1.29, 1.82) is 0 Å². The van der Waals surface area contributed by atoms with Gasteiger partial charge in [-0.25, -0.2) is 4.98 Å². The number of hydrogen-bond acceptors (Lipinski definition) is 5. The van der Waals surface area contributed by atoms with Crippen molar-refractivity contribution in [3.8, 4) is 0 Å². The average molecular weight is 286 g/mol. The van der Waals surface area contributed by atoms with Gasteiger partial charge in [-0.3, -0.25) is 4.79 Å². The number of carbonyl (C=O) groups excluding carboxylic acids is 1. The van der Waals surface area contributed by atoms with Crippen molar-refractivity contribution in [2.45, 2.75) is 6.04 Å². The number of nitrogens with zero attached hydrogens (tertiary/aromatic N) is 1. The second-order valence-corrected chi connectivity index (χ2v) is 5.05. The summed E-state index contributed by atoms with van der Waals surface area (Å²) in [5.41, 5.74) is 6.69. The number of primary amides is 1. The van der Waals surface area contributed by atoms with Crippen LogP contribution in [0.25, 0.3) is 10.9 Å². The Morgan fingerprint density at radius 3 is 3.10 bits per heavy atom. The molecule has 6 nitrogen and oxygen atoms in total. The molecule has 6 heteroatoms. The van der Waals surface area contributed by atoms with Gasteiger partial charge in [0, 0.05) is 24.5 Å². The van der Waals surface area contributed by atoms with Gasteiger partial charge in [0.2, 0.25) is 0 Å². The summed E-state index contributed by atoms with van der Waals surface area (Å²) in [6.07, 6.45) is 0. The molecule has 0 radical (unpaired) electrons. The van der Waals surface area contributed by atoms with Crippen molar-refractivity contribution >= 4 is 22.6 Å². The minimum Gasteiger partial charge on any atom is -0.378 e. The quantitative estimate of drug-likeness (QED) is 0.771. The minimum absolute atomic E-state index is 0.202. The number of aromatic nitrogens is 1. The average Bonchev–Trinajstić information content (AvgIpc) is 2.53. The summed E-state index contributed by atoms with van der Waals surface area (Å²) in [5, 5.41) is 7.44. The standard InChI is InChI=1S/C15H18N4O2/c16-14(20)12-7-10-3-1-2-4-13(10)19-15(12)18-8-11-9-21-6-5-17-11/h1-4,7,11,17H,5-6,8-9H2,(H2,16,20)(H,18,19). The van der Waals surface area contributed by atoms with Gasteiger partial charge in [0.1, 0.15) is 5.82 Å². The second kappa shape index (κ2) is 6.07. The summed E-state index contributed by atoms with van der Waals surface area (Å²) >= 11 is 0. The lowest BCUT2D eigenvalue weighted by molar-refractivity contribution is 0.0806. The number of pyridine rings is 1. The number of nitrogens with one attached hydrogen (secondary N) is 2. The van der Waals surface area contributed by atoms with Crippen LogP contribution in [0.15, 0.2) is 30.3 Å². The molecule has 1 aliphatic rings. The predicted octanol–water partition coefficient (Wildman–Crippen LogP) is 0.734. The highest BCUT2D eigenvalue weighted by molar-refractivity contribution is 6.01. The Labute approximate surface area is 122 Å². The zero-order valence-electron chi connectivity index (χ0n) is 11.6.